The summed E-state index contributed by atoms with van der Waals surface area (Å²) in [7, 11) is 1.32. The first-order valence-corrected chi connectivity index (χ1v) is 10.0. The minimum atomic E-state index is -0.569. The number of rotatable bonds is 6. The van der Waals surface area contributed by atoms with Crippen LogP contribution in [-0.4, -0.2) is 23.0 Å². The van der Waals surface area contributed by atoms with Crippen LogP contribution in [0, 0.1) is 0 Å². The van der Waals surface area contributed by atoms with Crippen molar-refractivity contribution in [3.05, 3.63) is 81.7 Å². The van der Waals surface area contributed by atoms with Crippen molar-refractivity contribution in [2.45, 2.75) is 25.3 Å². The molecule has 4 rings (SSSR count). The number of benzene rings is 2. The van der Waals surface area contributed by atoms with Crippen molar-refractivity contribution in [3.8, 4) is 0 Å². The normalized spacial score (nSPS) is 13.2. The van der Waals surface area contributed by atoms with Gasteiger partial charge < -0.3 is 9.64 Å². The monoisotopic (exact) mass is 427 g/mol. The first kappa shape index (κ1) is 19.7. The fourth-order valence-corrected chi connectivity index (χ4v) is 3.45. The highest BCUT2D eigenvalue weighted by atomic mass is 35.5. The fourth-order valence-electron chi connectivity index (χ4n) is 3.06. The van der Waals surface area contributed by atoms with Crippen molar-refractivity contribution in [2.75, 3.05) is 12.0 Å². The van der Waals surface area contributed by atoms with Gasteiger partial charge in [0, 0.05) is 23.2 Å². The Labute approximate surface area is 179 Å². The molecule has 148 valence electrons. The first-order valence-electron chi connectivity index (χ1n) is 9.29. The molecule has 0 amide bonds. The molecule has 29 heavy (non-hydrogen) atoms. The second kappa shape index (κ2) is 8.39. The summed E-state index contributed by atoms with van der Waals surface area (Å²) in [5, 5.41) is 0.850. The quantitative estimate of drug-likeness (QED) is 0.466. The van der Waals surface area contributed by atoms with E-state index in [4.69, 9.17) is 32.9 Å². The number of esters is 1. The van der Waals surface area contributed by atoms with Gasteiger partial charge in [-0.3, -0.25) is 0 Å². The minimum Gasteiger partial charge on any atom is -0.464 e. The number of aromatic nitrogens is 2. The largest absolute Gasteiger partial charge is 0.464 e. The molecule has 2 aromatic carbocycles. The Hall–Kier alpha value is -2.63. The van der Waals surface area contributed by atoms with Crippen molar-refractivity contribution in [1.82, 2.24) is 9.97 Å². The Bertz CT molecular complexity index is 1020. The molecule has 0 aliphatic heterocycles. The topological polar surface area (TPSA) is 55.3 Å². The number of halogens is 2. The van der Waals surface area contributed by atoms with Gasteiger partial charge in [0.25, 0.3) is 0 Å². The average molecular weight is 428 g/mol. The van der Waals surface area contributed by atoms with E-state index >= 15 is 0 Å². The van der Waals surface area contributed by atoms with Crippen LogP contribution in [0.3, 0.4) is 0 Å². The predicted octanol–water partition coefficient (Wildman–Crippen LogP) is 5.79. The van der Waals surface area contributed by atoms with E-state index in [0.29, 0.717) is 23.2 Å². The van der Waals surface area contributed by atoms with E-state index in [1.54, 1.807) is 0 Å². The van der Waals surface area contributed by atoms with Gasteiger partial charge >= 0.3 is 5.97 Å². The SMILES string of the molecule is COC(=O)c1nc(C2CC2)nc(N(Cc2ccc(Cl)cc2)c2ccccc2)c1Cl. The van der Waals surface area contributed by atoms with E-state index in [1.807, 2.05) is 59.5 Å². The molecule has 1 fully saturated rings. The lowest BCUT2D eigenvalue weighted by Crippen LogP contribution is -2.21. The Kier molecular flexibility index (Phi) is 5.69. The molecule has 0 unspecified atom stereocenters. The highest BCUT2D eigenvalue weighted by Crippen LogP contribution is 2.41. The van der Waals surface area contributed by atoms with Crippen LogP contribution >= 0.6 is 23.2 Å². The molecule has 0 bridgehead atoms. The van der Waals surface area contributed by atoms with Crippen LogP contribution in [0.1, 0.15) is 40.6 Å². The number of carbonyl (C=O) groups is 1. The highest BCUT2D eigenvalue weighted by Gasteiger charge is 2.31. The molecule has 0 spiro atoms. The van der Waals surface area contributed by atoms with Crippen molar-refractivity contribution in [1.29, 1.82) is 0 Å². The number of nitrogens with zero attached hydrogens (tertiary/aromatic N) is 3. The Morgan fingerprint density at radius 1 is 1.07 bits per heavy atom. The lowest BCUT2D eigenvalue weighted by atomic mass is 10.2. The third-order valence-corrected chi connectivity index (χ3v) is 5.35. The average Bonchev–Trinajstić information content (AvgIpc) is 3.59. The van der Waals surface area contributed by atoms with E-state index < -0.39 is 5.97 Å². The molecule has 1 aromatic heterocycles. The number of hydrogen-bond acceptors (Lipinski definition) is 5. The number of anilines is 2. The Morgan fingerprint density at radius 3 is 2.38 bits per heavy atom. The maximum Gasteiger partial charge on any atom is 0.358 e. The molecule has 7 heteroatoms. The van der Waals surface area contributed by atoms with Crippen LogP contribution in [0.15, 0.2) is 54.6 Å². The molecule has 1 aliphatic rings. The van der Waals surface area contributed by atoms with Crippen molar-refractivity contribution >= 4 is 40.7 Å². The fraction of sp³-hybridized carbons (Fsp3) is 0.227. The van der Waals surface area contributed by atoms with Gasteiger partial charge in [0.15, 0.2) is 11.5 Å². The second-order valence-corrected chi connectivity index (χ2v) is 7.70. The van der Waals surface area contributed by atoms with Gasteiger partial charge in [0.1, 0.15) is 10.8 Å². The number of carbonyl (C=O) groups excluding carboxylic acids is 1. The Balaban J connectivity index is 1.84. The van der Waals surface area contributed by atoms with E-state index in [9.17, 15) is 4.79 Å². The summed E-state index contributed by atoms with van der Waals surface area (Å²) in [6.07, 6.45) is 2.01. The summed E-state index contributed by atoms with van der Waals surface area (Å²) >= 11 is 12.7. The predicted molar refractivity (Wildman–Crippen MR) is 114 cm³/mol. The molecule has 0 saturated heterocycles. The van der Waals surface area contributed by atoms with Gasteiger partial charge in [0.05, 0.1) is 7.11 Å². The zero-order valence-electron chi connectivity index (χ0n) is 15.8. The van der Waals surface area contributed by atoms with Crippen LogP contribution in [0.5, 0.6) is 0 Å². The third kappa shape index (κ3) is 4.36. The van der Waals surface area contributed by atoms with Crippen LogP contribution in [0.25, 0.3) is 0 Å². The number of hydrogen-bond donors (Lipinski definition) is 0. The van der Waals surface area contributed by atoms with Crippen LogP contribution in [-0.2, 0) is 11.3 Å². The van der Waals surface area contributed by atoms with Gasteiger partial charge in [-0.1, -0.05) is 53.5 Å². The maximum atomic E-state index is 12.3. The van der Waals surface area contributed by atoms with Gasteiger partial charge in [-0.15, -0.1) is 0 Å². The Morgan fingerprint density at radius 2 is 1.76 bits per heavy atom. The van der Waals surface area contributed by atoms with E-state index in [1.165, 1.54) is 7.11 Å². The lowest BCUT2D eigenvalue weighted by Gasteiger charge is -2.26. The van der Waals surface area contributed by atoms with Crippen LogP contribution in [0.2, 0.25) is 10.0 Å². The molecule has 3 aromatic rings. The number of ether oxygens (including phenoxy) is 1. The number of methoxy groups -OCH3 is 1. The molecule has 0 radical (unpaired) electrons. The molecular formula is C22H19Cl2N3O2. The standard InChI is InChI=1S/C22H19Cl2N3O2/c1-29-22(28)19-18(24)21(26-20(25-19)15-9-10-15)27(17-5-3-2-4-6-17)13-14-7-11-16(23)12-8-14/h2-8,11-12,15H,9-10,13H2,1H3. The summed E-state index contributed by atoms with van der Waals surface area (Å²) < 4.78 is 4.90. The van der Waals surface area contributed by atoms with Crippen LogP contribution in [0.4, 0.5) is 11.5 Å². The van der Waals surface area contributed by atoms with Gasteiger partial charge in [-0.2, -0.15) is 0 Å². The van der Waals surface area contributed by atoms with E-state index in [0.717, 1.165) is 24.1 Å². The summed E-state index contributed by atoms with van der Waals surface area (Å²) in [4.78, 5) is 23.4. The number of para-hydroxylation sites is 1. The third-order valence-electron chi connectivity index (χ3n) is 4.75. The van der Waals surface area contributed by atoms with Crippen molar-refractivity contribution < 1.29 is 9.53 Å². The van der Waals surface area contributed by atoms with Crippen molar-refractivity contribution in [2.24, 2.45) is 0 Å². The van der Waals surface area contributed by atoms with E-state index in [-0.39, 0.29) is 16.6 Å². The van der Waals surface area contributed by atoms with Gasteiger partial charge in [-0.05, 0) is 42.7 Å². The molecule has 1 heterocycles. The second-order valence-electron chi connectivity index (χ2n) is 6.88. The summed E-state index contributed by atoms with van der Waals surface area (Å²) in [6.45, 7) is 0.503. The smallest absolute Gasteiger partial charge is 0.358 e. The molecule has 0 N–H and O–H groups in total. The summed E-state index contributed by atoms with van der Waals surface area (Å²) in [5.74, 6) is 0.801. The first-order chi connectivity index (χ1) is 14.1. The van der Waals surface area contributed by atoms with Gasteiger partial charge in [-0.25, -0.2) is 14.8 Å². The highest BCUT2D eigenvalue weighted by molar-refractivity contribution is 6.35. The minimum absolute atomic E-state index is 0.0955. The summed E-state index contributed by atoms with van der Waals surface area (Å²) in [5.41, 5.74) is 2.03. The van der Waals surface area contributed by atoms with Crippen LogP contribution < -0.4 is 4.90 Å². The molecule has 1 saturated carbocycles. The summed E-state index contributed by atoms with van der Waals surface area (Å²) in [6, 6.07) is 17.4. The maximum absolute atomic E-state index is 12.3. The van der Waals surface area contributed by atoms with Gasteiger partial charge in [0.2, 0.25) is 0 Å². The zero-order chi connectivity index (χ0) is 20.4. The molecule has 5 nitrogen and oxygen atoms in total. The zero-order valence-corrected chi connectivity index (χ0v) is 17.3. The lowest BCUT2D eigenvalue weighted by molar-refractivity contribution is 0.0593. The molecule has 0 atom stereocenters. The molecule has 1 aliphatic carbocycles. The molecular weight excluding hydrogens is 409 g/mol. The van der Waals surface area contributed by atoms with E-state index in [2.05, 4.69) is 4.98 Å². The van der Waals surface area contributed by atoms with Crippen molar-refractivity contribution in [3.63, 3.8) is 0 Å².